The Balaban J connectivity index is 2.18. The minimum absolute atomic E-state index is 0.0997. The van der Waals surface area contributed by atoms with E-state index in [4.69, 9.17) is 5.11 Å². The monoisotopic (exact) mass is 270 g/mol. The molecule has 4 heteroatoms. The van der Waals surface area contributed by atoms with Crippen LogP contribution >= 0.6 is 0 Å². The number of aliphatic carboxylic acids is 1. The molecule has 0 amide bonds. The molecule has 1 aromatic heterocycles. The summed E-state index contributed by atoms with van der Waals surface area (Å²) in [6, 6.07) is 13.9. The Bertz CT molecular complexity index is 570. The molecule has 0 saturated carbocycles. The summed E-state index contributed by atoms with van der Waals surface area (Å²) in [6.45, 7) is 3.11. The molecule has 20 heavy (non-hydrogen) atoms. The van der Waals surface area contributed by atoms with Crippen molar-refractivity contribution in [2.45, 2.75) is 19.9 Å². The van der Waals surface area contributed by atoms with Gasteiger partial charge in [-0.3, -0.25) is 4.79 Å². The zero-order chi connectivity index (χ0) is 14.4. The van der Waals surface area contributed by atoms with Crippen LogP contribution in [0.1, 0.15) is 17.5 Å². The standard InChI is InChI=1S/C16H18N2O2/c1-13-7-9-17-15(11-13)18(10-8-16(19)20)12-14-5-3-2-4-6-14/h2-7,9,11H,8,10,12H2,1H3,(H,19,20). The lowest BCUT2D eigenvalue weighted by molar-refractivity contribution is -0.136. The molecule has 1 heterocycles. The molecule has 0 unspecified atom stereocenters. The van der Waals surface area contributed by atoms with Crippen molar-refractivity contribution in [3.8, 4) is 0 Å². The summed E-state index contributed by atoms with van der Waals surface area (Å²) in [5, 5.41) is 8.88. The van der Waals surface area contributed by atoms with Gasteiger partial charge in [0.05, 0.1) is 6.42 Å². The first kappa shape index (κ1) is 14.1. The van der Waals surface area contributed by atoms with Gasteiger partial charge in [-0.2, -0.15) is 0 Å². The van der Waals surface area contributed by atoms with Crippen LogP contribution < -0.4 is 4.90 Å². The number of pyridine rings is 1. The molecule has 2 rings (SSSR count). The third-order valence-electron chi connectivity index (χ3n) is 3.04. The number of hydrogen-bond donors (Lipinski definition) is 1. The molecule has 1 N–H and O–H groups in total. The Morgan fingerprint density at radius 2 is 2.00 bits per heavy atom. The maximum Gasteiger partial charge on any atom is 0.305 e. The fourth-order valence-electron chi connectivity index (χ4n) is 2.00. The summed E-state index contributed by atoms with van der Waals surface area (Å²) in [5.74, 6) is 0.0193. The quantitative estimate of drug-likeness (QED) is 0.877. The van der Waals surface area contributed by atoms with Gasteiger partial charge in [-0.15, -0.1) is 0 Å². The molecule has 0 atom stereocenters. The number of benzene rings is 1. The fraction of sp³-hybridized carbons (Fsp3) is 0.250. The lowest BCUT2D eigenvalue weighted by atomic mass is 10.2. The van der Waals surface area contributed by atoms with E-state index in [1.54, 1.807) is 6.20 Å². The van der Waals surface area contributed by atoms with Crippen molar-refractivity contribution in [1.82, 2.24) is 4.98 Å². The molecule has 104 valence electrons. The summed E-state index contributed by atoms with van der Waals surface area (Å²) in [5.41, 5.74) is 2.25. The summed E-state index contributed by atoms with van der Waals surface area (Å²) in [7, 11) is 0. The molecule has 0 saturated heterocycles. The number of nitrogens with zero attached hydrogens (tertiary/aromatic N) is 2. The third kappa shape index (κ3) is 4.09. The van der Waals surface area contributed by atoms with Crippen molar-refractivity contribution in [3.05, 3.63) is 59.8 Å². The predicted octanol–water partition coefficient (Wildman–Crippen LogP) is 2.87. The van der Waals surface area contributed by atoms with Crippen molar-refractivity contribution in [2.75, 3.05) is 11.4 Å². The van der Waals surface area contributed by atoms with E-state index in [0.29, 0.717) is 13.1 Å². The van der Waals surface area contributed by atoms with E-state index in [-0.39, 0.29) is 6.42 Å². The van der Waals surface area contributed by atoms with Crippen LogP contribution in [-0.4, -0.2) is 22.6 Å². The van der Waals surface area contributed by atoms with Crippen LogP contribution in [0.25, 0.3) is 0 Å². The second kappa shape index (κ2) is 6.70. The topological polar surface area (TPSA) is 53.4 Å². The van der Waals surface area contributed by atoms with Crippen molar-refractivity contribution in [2.24, 2.45) is 0 Å². The highest BCUT2D eigenvalue weighted by Crippen LogP contribution is 2.16. The SMILES string of the molecule is Cc1ccnc(N(CCC(=O)O)Cc2ccccc2)c1. The summed E-state index contributed by atoms with van der Waals surface area (Å²) < 4.78 is 0. The molecule has 0 radical (unpaired) electrons. The lowest BCUT2D eigenvalue weighted by Crippen LogP contribution is -2.26. The number of carbonyl (C=O) groups is 1. The Morgan fingerprint density at radius 3 is 2.65 bits per heavy atom. The second-order valence-corrected chi connectivity index (χ2v) is 4.74. The van der Waals surface area contributed by atoms with E-state index in [1.165, 1.54) is 0 Å². The minimum Gasteiger partial charge on any atom is -0.481 e. The van der Waals surface area contributed by atoms with Crippen molar-refractivity contribution < 1.29 is 9.90 Å². The molecule has 4 nitrogen and oxygen atoms in total. The van der Waals surface area contributed by atoms with Crippen molar-refractivity contribution in [3.63, 3.8) is 0 Å². The van der Waals surface area contributed by atoms with E-state index < -0.39 is 5.97 Å². The molecular weight excluding hydrogens is 252 g/mol. The van der Waals surface area contributed by atoms with Gasteiger partial charge in [0.15, 0.2) is 0 Å². The van der Waals surface area contributed by atoms with Gasteiger partial charge < -0.3 is 10.0 Å². The zero-order valence-electron chi connectivity index (χ0n) is 11.5. The van der Waals surface area contributed by atoms with Gasteiger partial charge in [-0.05, 0) is 30.2 Å². The van der Waals surface area contributed by atoms with Gasteiger partial charge in [0, 0.05) is 19.3 Å². The summed E-state index contributed by atoms with van der Waals surface area (Å²) >= 11 is 0. The predicted molar refractivity (Wildman–Crippen MR) is 78.7 cm³/mol. The Kier molecular flexibility index (Phi) is 4.71. The zero-order valence-corrected chi connectivity index (χ0v) is 11.5. The maximum atomic E-state index is 10.8. The number of carboxylic acid groups (broad SMARTS) is 1. The lowest BCUT2D eigenvalue weighted by Gasteiger charge is -2.23. The molecule has 2 aromatic rings. The van der Waals surface area contributed by atoms with Crippen LogP contribution in [0.4, 0.5) is 5.82 Å². The van der Waals surface area contributed by atoms with Crippen molar-refractivity contribution >= 4 is 11.8 Å². The minimum atomic E-state index is -0.796. The van der Waals surface area contributed by atoms with Gasteiger partial charge >= 0.3 is 5.97 Å². The van der Waals surface area contributed by atoms with Crippen molar-refractivity contribution in [1.29, 1.82) is 0 Å². The third-order valence-corrected chi connectivity index (χ3v) is 3.04. The van der Waals surface area contributed by atoms with Crippen LogP contribution in [0.5, 0.6) is 0 Å². The molecular formula is C16H18N2O2. The van der Waals surface area contributed by atoms with Crippen LogP contribution in [0.2, 0.25) is 0 Å². The van der Waals surface area contributed by atoms with E-state index >= 15 is 0 Å². The fourth-order valence-corrected chi connectivity index (χ4v) is 2.00. The van der Waals surface area contributed by atoms with E-state index in [0.717, 1.165) is 16.9 Å². The number of rotatable bonds is 6. The largest absolute Gasteiger partial charge is 0.481 e. The number of carboxylic acids is 1. The average molecular weight is 270 g/mol. The number of aromatic nitrogens is 1. The molecule has 0 aliphatic carbocycles. The number of hydrogen-bond acceptors (Lipinski definition) is 3. The number of aryl methyl sites for hydroxylation is 1. The number of anilines is 1. The molecule has 0 bridgehead atoms. The summed E-state index contributed by atoms with van der Waals surface area (Å²) in [4.78, 5) is 17.2. The molecule has 0 fully saturated rings. The highest BCUT2D eigenvalue weighted by molar-refractivity contribution is 5.67. The summed E-state index contributed by atoms with van der Waals surface area (Å²) in [6.07, 6.45) is 1.85. The van der Waals surface area contributed by atoms with Crippen LogP contribution in [-0.2, 0) is 11.3 Å². The molecule has 0 aliphatic rings. The molecule has 0 aliphatic heterocycles. The van der Waals surface area contributed by atoms with Gasteiger partial charge in [0.25, 0.3) is 0 Å². The second-order valence-electron chi connectivity index (χ2n) is 4.74. The normalized spacial score (nSPS) is 10.2. The van der Waals surface area contributed by atoms with E-state index in [2.05, 4.69) is 4.98 Å². The van der Waals surface area contributed by atoms with E-state index in [1.807, 2.05) is 54.3 Å². The van der Waals surface area contributed by atoms with E-state index in [9.17, 15) is 4.79 Å². The van der Waals surface area contributed by atoms with Crippen LogP contribution in [0.3, 0.4) is 0 Å². The van der Waals surface area contributed by atoms with Crippen LogP contribution in [0.15, 0.2) is 48.7 Å². The first-order chi connectivity index (χ1) is 9.65. The highest BCUT2D eigenvalue weighted by atomic mass is 16.4. The molecule has 1 aromatic carbocycles. The first-order valence-electron chi connectivity index (χ1n) is 6.58. The average Bonchev–Trinajstić information content (AvgIpc) is 2.44. The van der Waals surface area contributed by atoms with Gasteiger partial charge in [0.1, 0.15) is 5.82 Å². The first-order valence-corrected chi connectivity index (χ1v) is 6.58. The Morgan fingerprint density at radius 1 is 1.25 bits per heavy atom. The van der Waals surface area contributed by atoms with Gasteiger partial charge in [0.2, 0.25) is 0 Å². The maximum absolute atomic E-state index is 10.8. The Hall–Kier alpha value is -2.36. The smallest absolute Gasteiger partial charge is 0.305 e. The van der Waals surface area contributed by atoms with Gasteiger partial charge in [-0.1, -0.05) is 30.3 Å². The molecule has 0 spiro atoms. The Labute approximate surface area is 118 Å². The van der Waals surface area contributed by atoms with Crippen LogP contribution in [0, 0.1) is 6.92 Å². The van der Waals surface area contributed by atoms with Gasteiger partial charge in [-0.25, -0.2) is 4.98 Å². The highest BCUT2D eigenvalue weighted by Gasteiger charge is 2.10.